The summed E-state index contributed by atoms with van der Waals surface area (Å²) in [5, 5.41) is 2.99. The van der Waals surface area contributed by atoms with Gasteiger partial charge in [-0.25, -0.2) is 23.2 Å². The maximum absolute atomic E-state index is 12.6. The third-order valence-electron chi connectivity index (χ3n) is 4.56. The minimum absolute atomic E-state index is 0.0712. The number of carbonyl (C=O) groups excluding carboxylic acids is 2. The maximum Gasteiger partial charge on any atom is 0.409 e. The van der Waals surface area contributed by atoms with Crippen molar-refractivity contribution in [3.05, 3.63) is 18.0 Å². The number of nitrogens with one attached hydrogen (secondary N) is 1. The van der Waals surface area contributed by atoms with E-state index in [0.29, 0.717) is 50.7 Å². The first-order chi connectivity index (χ1) is 12.9. The summed E-state index contributed by atoms with van der Waals surface area (Å²) in [6.45, 7) is 3.74. The minimum atomic E-state index is -2.98. The molecular weight excluding hydrogens is 374 g/mol. The van der Waals surface area contributed by atoms with E-state index in [1.54, 1.807) is 16.7 Å². The van der Waals surface area contributed by atoms with Crippen LogP contribution in [0.2, 0.25) is 0 Å². The second-order valence-corrected chi connectivity index (χ2v) is 8.75. The average Bonchev–Trinajstić information content (AvgIpc) is 3.00. The zero-order valence-electron chi connectivity index (χ0n) is 15.1. The van der Waals surface area contributed by atoms with Gasteiger partial charge in [-0.2, -0.15) is 0 Å². The van der Waals surface area contributed by atoms with Gasteiger partial charge in [-0.05, 0) is 13.3 Å². The molecule has 0 aromatic carbocycles. The Morgan fingerprint density at radius 3 is 2.37 bits per heavy atom. The van der Waals surface area contributed by atoms with Crippen LogP contribution in [0.4, 0.5) is 10.7 Å². The van der Waals surface area contributed by atoms with E-state index in [9.17, 15) is 18.0 Å². The maximum atomic E-state index is 12.6. The highest BCUT2D eigenvalue weighted by atomic mass is 32.2. The van der Waals surface area contributed by atoms with Crippen molar-refractivity contribution in [2.75, 3.05) is 49.6 Å². The van der Waals surface area contributed by atoms with E-state index in [1.807, 2.05) is 0 Å². The SMILES string of the molecule is CCOC(=O)N1CCN(C(=O)c2cnc(NC3CCS(=O)(=O)C3)nc2)CC1. The highest BCUT2D eigenvalue weighted by molar-refractivity contribution is 7.91. The number of piperazine rings is 1. The van der Waals surface area contributed by atoms with Gasteiger partial charge in [-0.15, -0.1) is 0 Å². The molecule has 3 heterocycles. The molecular formula is C16H23N5O5S. The van der Waals surface area contributed by atoms with Crippen LogP contribution >= 0.6 is 0 Å². The fourth-order valence-corrected chi connectivity index (χ4v) is 4.77. The lowest BCUT2D eigenvalue weighted by Crippen LogP contribution is -2.50. The van der Waals surface area contributed by atoms with Crippen LogP contribution in [0.25, 0.3) is 0 Å². The Balaban J connectivity index is 1.53. The van der Waals surface area contributed by atoms with Gasteiger partial charge in [-0.3, -0.25) is 4.79 Å². The monoisotopic (exact) mass is 397 g/mol. The Morgan fingerprint density at radius 1 is 1.19 bits per heavy atom. The fourth-order valence-electron chi connectivity index (χ4n) is 3.09. The molecule has 0 radical (unpaired) electrons. The topological polar surface area (TPSA) is 122 Å². The Kier molecular flexibility index (Phi) is 5.78. The largest absolute Gasteiger partial charge is 0.450 e. The van der Waals surface area contributed by atoms with Crippen molar-refractivity contribution in [1.82, 2.24) is 19.8 Å². The van der Waals surface area contributed by atoms with Crippen molar-refractivity contribution in [3.63, 3.8) is 0 Å². The summed E-state index contributed by atoms with van der Waals surface area (Å²) in [5.74, 6) is 0.343. The Hall–Kier alpha value is -2.43. The molecule has 1 aromatic heterocycles. The smallest absolute Gasteiger partial charge is 0.409 e. The quantitative estimate of drug-likeness (QED) is 0.753. The van der Waals surface area contributed by atoms with Gasteiger partial charge >= 0.3 is 6.09 Å². The summed E-state index contributed by atoms with van der Waals surface area (Å²) >= 11 is 0. The van der Waals surface area contributed by atoms with Gasteiger partial charge in [0.05, 0.1) is 23.7 Å². The number of rotatable bonds is 4. The van der Waals surface area contributed by atoms with E-state index < -0.39 is 9.84 Å². The molecule has 2 amide bonds. The molecule has 148 valence electrons. The van der Waals surface area contributed by atoms with Crippen molar-refractivity contribution in [2.24, 2.45) is 0 Å². The van der Waals surface area contributed by atoms with Crippen LogP contribution in [0.5, 0.6) is 0 Å². The normalized spacial score (nSPS) is 21.7. The van der Waals surface area contributed by atoms with Crippen molar-refractivity contribution in [1.29, 1.82) is 0 Å². The fraction of sp³-hybridized carbons (Fsp3) is 0.625. The van der Waals surface area contributed by atoms with E-state index in [4.69, 9.17) is 4.74 Å². The molecule has 0 aliphatic carbocycles. The molecule has 2 aliphatic heterocycles. The van der Waals surface area contributed by atoms with Crippen LogP contribution in [0.15, 0.2) is 12.4 Å². The highest BCUT2D eigenvalue weighted by Gasteiger charge is 2.29. The molecule has 2 aliphatic rings. The molecule has 10 nitrogen and oxygen atoms in total. The molecule has 0 bridgehead atoms. The van der Waals surface area contributed by atoms with Gasteiger partial charge in [-0.1, -0.05) is 0 Å². The standard InChI is InChI=1S/C16H23N5O5S/c1-2-26-16(23)21-6-4-20(5-7-21)14(22)12-9-17-15(18-10-12)19-13-3-8-27(24,25)11-13/h9-10,13H,2-8,11H2,1H3,(H,17,18,19). The lowest BCUT2D eigenvalue weighted by Gasteiger charge is -2.33. The molecule has 2 fully saturated rings. The summed E-state index contributed by atoms with van der Waals surface area (Å²) in [4.78, 5) is 35.7. The summed E-state index contributed by atoms with van der Waals surface area (Å²) < 4.78 is 27.9. The number of anilines is 1. The molecule has 1 aromatic rings. The molecule has 1 unspecified atom stereocenters. The lowest BCUT2D eigenvalue weighted by atomic mass is 10.2. The number of nitrogens with zero attached hydrogens (tertiary/aromatic N) is 4. The molecule has 0 saturated carbocycles. The van der Waals surface area contributed by atoms with Crippen molar-refractivity contribution >= 4 is 27.8 Å². The molecule has 2 saturated heterocycles. The van der Waals surface area contributed by atoms with Crippen molar-refractivity contribution in [2.45, 2.75) is 19.4 Å². The first-order valence-corrected chi connectivity index (χ1v) is 10.7. The molecule has 0 spiro atoms. The number of aromatic nitrogens is 2. The molecule has 27 heavy (non-hydrogen) atoms. The van der Waals surface area contributed by atoms with E-state index in [2.05, 4.69) is 15.3 Å². The Bertz CT molecular complexity index is 790. The number of hydrogen-bond acceptors (Lipinski definition) is 8. The predicted molar refractivity (Wildman–Crippen MR) is 97.2 cm³/mol. The van der Waals surface area contributed by atoms with Gasteiger partial charge in [0.2, 0.25) is 5.95 Å². The zero-order chi connectivity index (χ0) is 19.4. The lowest BCUT2D eigenvalue weighted by molar-refractivity contribution is 0.0570. The Labute approximate surface area is 157 Å². The number of amides is 2. The van der Waals surface area contributed by atoms with Crippen molar-refractivity contribution < 1.29 is 22.7 Å². The number of sulfone groups is 1. The predicted octanol–water partition coefficient (Wildman–Crippen LogP) is -0.0101. The number of carbonyl (C=O) groups is 2. The molecule has 1 N–H and O–H groups in total. The molecule has 11 heteroatoms. The average molecular weight is 397 g/mol. The van der Waals surface area contributed by atoms with Crippen molar-refractivity contribution in [3.8, 4) is 0 Å². The molecule has 3 rings (SSSR count). The van der Waals surface area contributed by atoms with E-state index >= 15 is 0 Å². The summed E-state index contributed by atoms with van der Waals surface area (Å²) in [6.07, 6.45) is 3.02. The number of hydrogen-bond donors (Lipinski definition) is 1. The second kappa shape index (κ2) is 8.07. The van der Waals surface area contributed by atoms with Gasteiger partial charge < -0.3 is 19.9 Å². The van der Waals surface area contributed by atoms with Crippen LogP contribution in [0, 0.1) is 0 Å². The highest BCUT2D eigenvalue weighted by Crippen LogP contribution is 2.15. The van der Waals surface area contributed by atoms with Crippen LogP contribution in [-0.2, 0) is 14.6 Å². The third-order valence-corrected chi connectivity index (χ3v) is 6.33. The van der Waals surface area contributed by atoms with E-state index in [-0.39, 0.29) is 29.5 Å². The minimum Gasteiger partial charge on any atom is -0.450 e. The third kappa shape index (κ3) is 4.85. The zero-order valence-corrected chi connectivity index (χ0v) is 15.9. The van der Waals surface area contributed by atoms with E-state index in [1.165, 1.54) is 12.4 Å². The van der Waals surface area contributed by atoms with Crippen LogP contribution < -0.4 is 5.32 Å². The summed E-state index contributed by atoms with van der Waals surface area (Å²) in [6, 6.07) is -0.201. The summed E-state index contributed by atoms with van der Waals surface area (Å²) in [7, 11) is -2.98. The first-order valence-electron chi connectivity index (χ1n) is 8.88. The van der Waals surface area contributed by atoms with Gasteiger partial charge in [0, 0.05) is 44.6 Å². The first kappa shape index (κ1) is 19.3. The van der Waals surface area contributed by atoms with Crippen LogP contribution in [0.1, 0.15) is 23.7 Å². The number of ether oxygens (including phenoxy) is 1. The van der Waals surface area contributed by atoms with E-state index in [0.717, 1.165) is 0 Å². The summed E-state index contributed by atoms with van der Waals surface area (Å²) in [5.41, 5.74) is 0.351. The van der Waals surface area contributed by atoms with Gasteiger partial charge in [0.1, 0.15) is 0 Å². The van der Waals surface area contributed by atoms with Crippen LogP contribution in [0.3, 0.4) is 0 Å². The van der Waals surface area contributed by atoms with Gasteiger partial charge in [0.25, 0.3) is 5.91 Å². The Morgan fingerprint density at radius 2 is 1.81 bits per heavy atom. The molecule has 1 atom stereocenters. The van der Waals surface area contributed by atoms with Gasteiger partial charge in [0.15, 0.2) is 9.84 Å². The van der Waals surface area contributed by atoms with Crippen LogP contribution in [-0.4, -0.2) is 90.5 Å². The second-order valence-electron chi connectivity index (χ2n) is 6.52.